The first-order chi connectivity index (χ1) is 7.54. The first kappa shape index (κ1) is 15.8. The van der Waals surface area contributed by atoms with Gasteiger partial charge < -0.3 is 16.4 Å². The minimum Gasteiger partial charge on any atom is -0.393 e. The van der Waals surface area contributed by atoms with Crippen molar-refractivity contribution < 1.29 is 9.59 Å². The smallest absolute Gasteiger partial charge is 0.242 e. The van der Waals surface area contributed by atoms with Crippen molar-refractivity contribution >= 4 is 29.0 Å². The Morgan fingerprint density at radius 1 is 1.18 bits per heavy atom. The van der Waals surface area contributed by atoms with Crippen LogP contribution in [0, 0.1) is 5.92 Å². The molecule has 0 aliphatic heterocycles. The van der Waals surface area contributed by atoms with Gasteiger partial charge in [0.1, 0.15) is 6.04 Å². The van der Waals surface area contributed by atoms with Crippen LogP contribution < -0.4 is 16.4 Å². The van der Waals surface area contributed by atoms with Crippen molar-refractivity contribution in [1.29, 1.82) is 0 Å². The van der Waals surface area contributed by atoms with Crippen molar-refractivity contribution in [3.05, 3.63) is 0 Å². The molecule has 0 rings (SSSR count). The number of hydrogen-bond donors (Lipinski definition) is 3. The lowest BCUT2D eigenvalue weighted by Crippen LogP contribution is -2.52. The first-order valence-corrected chi connectivity index (χ1v) is 5.87. The Hall–Kier alpha value is -1.17. The molecule has 0 radical (unpaired) electrons. The Morgan fingerprint density at radius 2 is 1.65 bits per heavy atom. The number of carbonyl (C=O) groups excluding carboxylic acids is 2. The van der Waals surface area contributed by atoms with Crippen molar-refractivity contribution in [3.8, 4) is 0 Å². The van der Waals surface area contributed by atoms with Crippen LogP contribution in [0.15, 0.2) is 0 Å². The lowest BCUT2D eigenvalue weighted by Gasteiger charge is -2.24. The van der Waals surface area contributed by atoms with Gasteiger partial charge in [-0.1, -0.05) is 12.2 Å². The van der Waals surface area contributed by atoms with Crippen molar-refractivity contribution in [3.63, 3.8) is 0 Å². The third kappa shape index (κ3) is 6.21. The van der Waals surface area contributed by atoms with Gasteiger partial charge >= 0.3 is 0 Å². The molecule has 0 fully saturated rings. The zero-order chi connectivity index (χ0) is 13.8. The van der Waals surface area contributed by atoms with Gasteiger partial charge in [0.05, 0.1) is 10.9 Å². The quantitative estimate of drug-likeness (QED) is 0.635. The second-order valence-corrected chi connectivity index (χ2v) is 5.56. The van der Waals surface area contributed by atoms with Gasteiger partial charge in [0, 0.05) is 5.54 Å². The number of amides is 2. The summed E-state index contributed by atoms with van der Waals surface area (Å²) >= 11 is 4.72. The monoisotopic (exact) mass is 259 g/mol. The lowest BCUT2D eigenvalue weighted by atomic mass is 10.1. The van der Waals surface area contributed by atoms with E-state index >= 15 is 0 Å². The van der Waals surface area contributed by atoms with E-state index in [4.69, 9.17) is 18.0 Å². The van der Waals surface area contributed by atoms with Gasteiger partial charge in [0.2, 0.25) is 11.8 Å². The summed E-state index contributed by atoms with van der Waals surface area (Å²) < 4.78 is 0. The average Bonchev–Trinajstić information content (AvgIpc) is 2.13. The fraction of sp³-hybridized carbons (Fsp3) is 0.727. The second-order valence-electron chi connectivity index (χ2n) is 5.09. The van der Waals surface area contributed by atoms with Crippen molar-refractivity contribution in [1.82, 2.24) is 10.6 Å². The van der Waals surface area contributed by atoms with E-state index in [1.165, 1.54) is 0 Å². The normalized spacial score (nSPS) is 14.6. The molecule has 4 N–H and O–H groups in total. The first-order valence-electron chi connectivity index (χ1n) is 5.46. The summed E-state index contributed by atoms with van der Waals surface area (Å²) in [6.45, 7) is 8.84. The summed E-state index contributed by atoms with van der Waals surface area (Å²) in [4.78, 5) is 23.4. The largest absolute Gasteiger partial charge is 0.393 e. The average molecular weight is 259 g/mol. The van der Waals surface area contributed by atoms with E-state index in [0.717, 1.165) is 0 Å². The summed E-state index contributed by atoms with van der Waals surface area (Å²) in [6.07, 6.45) is 0. The molecule has 17 heavy (non-hydrogen) atoms. The zero-order valence-electron chi connectivity index (χ0n) is 11.0. The molecule has 0 spiro atoms. The van der Waals surface area contributed by atoms with Crippen LogP contribution in [0.5, 0.6) is 0 Å². The topological polar surface area (TPSA) is 84.2 Å². The van der Waals surface area contributed by atoms with Gasteiger partial charge in [-0.15, -0.1) is 0 Å². The third-order valence-corrected chi connectivity index (χ3v) is 2.42. The molecule has 0 saturated carbocycles. The molecular formula is C11H21N3O2S. The maximum absolute atomic E-state index is 11.7. The predicted molar refractivity (Wildman–Crippen MR) is 71.4 cm³/mol. The van der Waals surface area contributed by atoms with Crippen LogP contribution in [0.25, 0.3) is 0 Å². The molecule has 0 aliphatic rings. The number of hydrogen-bond acceptors (Lipinski definition) is 3. The Balaban J connectivity index is 4.36. The highest BCUT2D eigenvalue weighted by atomic mass is 32.1. The van der Waals surface area contributed by atoms with E-state index in [1.807, 2.05) is 20.8 Å². The van der Waals surface area contributed by atoms with Crippen molar-refractivity contribution in [2.24, 2.45) is 11.7 Å². The molecule has 0 aromatic carbocycles. The molecule has 2 atom stereocenters. The standard InChI is InChI=1S/C11H21N3O2S/c1-6(8(12)17)9(15)13-7(2)10(16)14-11(3,4)5/h6-7H,1-5H3,(H2,12,17)(H,13,15)(H,14,16). The van der Waals surface area contributed by atoms with Crippen LogP contribution in [-0.4, -0.2) is 28.4 Å². The van der Waals surface area contributed by atoms with Crippen molar-refractivity contribution in [2.45, 2.75) is 46.2 Å². The molecule has 6 heteroatoms. The van der Waals surface area contributed by atoms with Gasteiger partial charge in [-0.3, -0.25) is 9.59 Å². The Bertz CT molecular complexity index is 323. The molecular weight excluding hydrogens is 238 g/mol. The van der Waals surface area contributed by atoms with Crippen LogP contribution in [0.3, 0.4) is 0 Å². The zero-order valence-corrected chi connectivity index (χ0v) is 11.8. The summed E-state index contributed by atoms with van der Waals surface area (Å²) in [6, 6.07) is -0.612. The van der Waals surface area contributed by atoms with Crippen molar-refractivity contribution in [2.75, 3.05) is 0 Å². The van der Waals surface area contributed by atoms with E-state index in [2.05, 4.69) is 10.6 Å². The van der Waals surface area contributed by atoms with Gasteiger partial charge in [-0.25, -0.2) is 0 Å². The molecule has 0 aromatic rings. The Kier molecular flexibility index (Phi) is 5.54. The summed E-state index contributed by atoms with van der Waals surface area (Å²) in [7, 11) is 0. The van der Waals surface area contributed by atoms with E-state index in [0.29, 0.717) is 0 Å². The highest BCUT2D eigenvalue weighted by molar-refractivity contribution is 7.80. The lowest BCUT2D eigenvalue weighted by molar-refractivity contribution is -0.130. The second kappa shape index (κ2) is 5.95. The highest BCUT2D eigenvalue weighted by Crippen LogP contribution is 2.01. The molecule has 5 nitrogen and oxygen atoms in total. The molecule has 0 aromatic heterocycles. The van der Waals surface area contributed by atoms with E-state index in [1.54, 1.807) is 13.8 Å². The number of rotatable bonds is 4. The summed E-state index contributed by atoms with van der Waals surface area (Å²) in [5.41, 5.74) is 5.03. The number of thiocarbonyl (C=S) groups is 1. The van der Waals surface area contributed by atoms with Crippen LogP contribution in [0.2, 0.25) is 0 Å². The fourth-order valence-electron chi connectivity index (χ4n) is 1.01. The predicted octanol–water partition coefficient (Wildman–Crippen LogP) is 0.328. The van der Waals surface area contributed by atoms with Gasteiger partial charge in [-0.05, 0) is 34.6 Å². The summed E-state index contributed by atoms with van der Waals surface area (Å²) in [5.74, 6) is -1.15. The SMILES string of the molecule is CC(NC(=O)C(C)C(N)=S)C(=O)NC(C)(C)C. The Morgan fingerprint density at radius 3 is 2.00 bits per heavy atom. The molecule has 0 aliphatic carbocycles. The fourth-order valence-corrected chi connectivity index (χ4v) is 1.12. The number of nitrogens with one attached hydrogen (secondary N) is 2. The molecule has 0 saturated heterocycles. The number of nitrogens with two attached hydrogens (primary N) is 1. The van der Waals surface area contributed by atoms with E-state index < -0.39 is 12.0 Å². The highest BCUT2D eigenvalue weighted by Gasteiger charge is 2.23. The van der Waals surface area contributed by atoms with Crippen LogP contribution in [-0.2, 0) is 9.59 Å². The third-order valence-electron chi connectivity index (χ3n) is 2.07. The van der Waals surface area contributed by atoms with Gasteiger partial charge in [0.15, 0.2) is 0 Å². The molecule has 2 amide bonds. The minimum absolute atomic E-state index is 0.117. The molecule has 2 unspecified atom stereocenters. The molecule has 0 bridgehead atoms. The van der Waals surface area contributed by atoms with Gasteiger partial charge in [0.25, 0.3) is 0 Å². The van der Waals surface area contributed by atoms with E-state index in [9.17, 15) is 9.59 Å². The van der Waals surface area contributed by atoms with Crippen LogP contribution in [0.1, 0.15) is 34.6 Å². The maximum Gasteiger partial charge on any atom is 0.242 e. The molecule has 98 valence electrons. The molecule has 0 heterocycles. The minimum atomic E-state index is -0.612. The van der Waals surface area contributed by atoms with Crippen LogP contribution >= 0.6 is 12.2 Å². The van der Waals surface area contributed by atoms with E-state index in [-0.39, 0.29) is 22.3 Å². The Labute approximate surface area is 108 Å². The van der Waals surface area contributed by atoms with Gasteiger partial charge in [-0.2, -0.15) is 0 Å². The summed E-state index contributed by atoms with van der Waals surface area (Å²) in [5, 5.41) is 5.34. The van der Waals surface area contributed by atoms with Crippen LogP contribution in [0.4, 0.5) is 0 Å². The maximum atomic E-state index is 11.7. The number of carbonyl (C=O) groups is 2.